The molecule has 0 saturated carbocycles. The number of non-ortho nitro benzene ring substituents is 1. The maximum Gasteiger partial charge on any atom is 0.282 e. The number of hydrogen-bond donors (Lipinski definition) is 1. The van der Waals surface area contributed by atoms with Crippen LogP contribution >= 0.6 is 0 Å². The van der Waals surface area contributed by atoms with Gasteiger partial charge >= 0.3 is 0 Å². The average molecular weight is 513 g/mol. The Kier molecular flexibility index (Phi) is 7.66. The number of rotatable bonds is 9. The maximum atomic E-state index is 13.7. The lowest BCUT2D eigenvalue weighted by molar-refractivity contribution is -0.384. The van der Waals surface area contributed by atoms with E-state index in [9.17, 15) is 24.5 Å². The Hall–Kier alpha value is -4.79. The molecule has 1 amide bonds. The Morgan fingerprint density at radius 3 is 2.29 bits per heavy atom. The van der Waals surface area contributed by atoms with Crippen LogP contribution < -0.4 is 5.56 Å². The Balaban J connectivity index is 1.75. The van der Waals surface area contributed by atoms with Crippen LogP contribution in [0.15, 0.2) is 77.6 Å². The Labute approximate surface area is 219 Å². The average Bonchev–Trinajstić information content (AvgIpc) is 3.27. The molecule has 4 rings (SSSR count). The van der Waals surface area contributed by atoms with Gasteiger partial charge in [0.05, 0.1) is 22.8 Å². The minimum absolute atomic E-state index is 0.0327. The largest absolute Gasteiger partial charge is 0.331 e. The van der Waals surface area contributed by atoms with E-state index in [1.54, 1.807) is 12.1 Å². The van der Waals surface area contributed by atoms with Gasteiger partial charge < -0.3 is 4.90 Å². The number of hydrogen-bond acceptors (Lipinski definition) is 5. The summed E-state index contributed by atoms with van der Waals surface area (Å²) in [6, 6.07) is 19.9. The monoisotopic (exact) mass is 512 g/mol. The molecule has 0 aliphatic carbocycles. The van der Waals surface area contributed by atoms with Crippen molar-refractivity contribution in [3.63, 3.8) is 0 Å². The summed E-state index contributed by atoms with van der Waals surface area (Å²) in [4.78, 5) is 52.4. The molecule has 0 aliphatic heterocycles. The zero-order valence-electron chi connectivity index (χ0n) is 21.4. The van der Waals surface area contributed by atoms with Gasteiger partial charge in [-0.15, -0.1) is 0 Å². The van der Waals surface area contributed by atoms with E-state index in [4.69, 9.17) is 0 Å². The zero-order valence-corrected chi connectivity index (χ0v) is 21.4. The van der Waals surface area contributed by atoms with Crippen LogP contribution in [0.4, 0.5) is 5.69 Å². The third-order valence-corrected chi connectivity index (χ3v) is 6.49. The number of aromatic nitrogens is 2. The number of nitro groups is 1. The predicted molar refractivity (Wildman–Crippen MR) is 145 cm³/mol. The highest BCUT2D eigenvalue weighted by Crippen LogP contribution is 2.24. The second-order valence-electron chi connectivity index (χ2n) is 9.04. The molecule has 0 bridgehead atoms. The first-order valence-electron chi connectivity index (χ1n) is 12.3. The number of ketones is 1. The molecule has 0 radical (unpaired) electrons. The predicted octanol–water partition coefficient (Wildman–Crippen LogP) is 5.09. The lowest BCUT2D eigenvalue weighted by Crippen LogP contribution is -2.37. The summed E-state index contributed by atoms with van der Waals surface area (Å²) in [5, 5.41) is 14.1. The van der Waals surface area contributed by atoms with Crippen molar-refractivity contribution in [3.8, 4) is 16.9 Å². The van der Waals surface area contributed by atoms with E-state index in [1.807, 2.05) is 57.2 Å². The van der Waals surface area contributed by atoms with E-state index in [-0.39, 0.29) is 29.9 Å². The summed E-state index contributed by atoms with van der Waals surface area (Å²) in [5.74, 6) is -0.945. The third-order valence-electron chi connectivity index (χ3n) is 6.49. The Morgan fingerprint density at radius 1 is 0.974 bits per heavy atom. The van der Waals surface area contributed by atoms with Gasteiger partial charge in [-0.3, -0.25) is 29.6 Å². The van der Waals surface area contributed by atoms with Crippen molar-refractivity contribution in [3.05, 3.63) is 116 Å². The van der Waals surface area contributed by atoms with Crippen molar-refractivity contribution in [1.29, 1.82) is 0 Å². The fraction of sp³-hybridized carbons (Fsp3) is 0.207. The SMILES string of the molecule is CCCN(CC(=O)c1c(-c2ccccc2)[nH]n(-c2cccc(C)c2C)c1=O)C(=O)c1ccc([N+](=O)[O-])cc1. The van der Waals surface area contributed by atoms with E-state index in [0.29, 0.717) is 23.4 Å². The van der Waals surface area contributed by atoms with Crippen molar-refractivity contribution < 1.29 is 14.5 Å². The molecule has 194 valence electrons. The van der Waals surface area contributed by atoms with Gasteiger partial charge in [0.15, 0.2) is 5.78 Å². The summed E-state index contributed by atoms with van der Waals surface area (Å²) < 4.78 is 1.38. The number of benzene rings is 3. The van der Waals surface area contributed by atoms with E-state index >= 15 is 0 Å². The minimum Gasteiger partial charge on any atom is -0.331 e. The van der Waals surface area contributed by atoms with Crippen LogP contribution in [0.1, 0.15) is 45.2 Å². The van der Waals surface area contributed by atoms with Gasteiger partial charge in [0, 0.05) is 29.8 Å². The number of nitrogens with zero attached hydrogens (tertiary/aromatic N) is 3. The fourth-order valence-electron chi connectivity index (χ4n) is 4.34. The molecular weight excluding hydrogens is 484 g/mol. The first-order valence-corrected chi connectivity index (χ1v) is 12.3. The van der Waals surface area contributed by atoms with E-state index in [0.717, 1.165) is 11.1 Å². The van der Waals surface area contributed by atoms with Gasteiger partial charge in [-0.05, 0) is 49.6 Å². The number of carbonyl (C=O) groups is 2. The highest BCUT2D eigenvalue weighted by atomic mass is 16.6. The lowest BCUT2D eigenvalue weighted by atomic mass is 10.0. The second-order valence-corrected chi connectivity index (χ2v) is 9.04. The molecule has 1 N–H and O–H groups in total. The number of amides is 1. The summed E-state index contributed by atoms with van der Waals surface area (Å²) in [6.45, 7) is 5.69. The quantitative estimate of drug-likeness (QED) is 0.190. The molecule has 3 aromatic carbocycles. The molecule has 0 fully saturated rings. The summed E-state index contributed by atoms with van der Waals surface area (Å²) in [7, 11) is 0. The molecule has 9 heteroatoms. The molecule has 0 saturated heterocycles. The molecule has 1 heterocycles. The van der Waals surface area contributed by atoms with Crippen LogP contribution in [0.5, 0.6) is 0 Å². The van der Waals surface area contributed by atoms with E-state index in [1.165, 1.54) is 33.8 Å². The maximum absolute atomic E-state index is 13.7. The van der Waals surface area contributed by atoms with Crippen LogP contribution in [0, 0.1) is 24.0 Å². The van der Waals surface area contributed by atoms with Crippen molar-refractivity contribution in [2.24, 2.45) is 0 Å². The molecule has 38 heavy (non-hydrogen) atoms. The molecule has 0 unspecified atom stereocenters. The van der Waals surface area contributed by atoms with Crippen LogP contribution in [0.25, 0.3) is 16.9 Å². The van der Waals surface area contributed by atoms with Crippen LogP contribution in [-0.2, 0) is 0 Å². The number of nitrogens with one attached hydrogen (secondary N) is 1. The van der Waals surface area contributed by atoms with E-state index < -0.39 is 22.2 Å². The van der Waals surface area contributed by atoms with Crippen molar-refractivity contribution in [1.82, 2.24) is 14.7 Å². The highest BCUT2D eigenvalue weighted by molar-refractivity contribution is 6.05. The third kappa shape index (κ3) is 5.17. The highest BCUT2D eigenvalue weighted by Gasteiger charge is 2.27. The molecule has 0 atom stereocenters. The topological polar surface area (TPSA) is 118 Å². The normalized spacial score (nSPS) is 10.8. The molecule has 4 aromatic rings. The standard InChI is InChI=1S/C29H28N4O5/c1-4-17-31(28(35)22-13-15-23(16-14-22)33(37)38)18-25(34)26-27(21-10-6-5-7-11-21)30-32(29(26)36)24-12-8-9-19(2)20(24)3/h5-16,30H,4,17-18H2,1-3H3. The van der Waals surface area contributed by atoms with Crippen molar-refractivity contribution in [2.45, 2.75) is 27.2 Å². The molecule has 0 aliphatic rings. The van der Waals surface area contributed by atoms with Crippen molar-refractivity contribution in [2.75, 3.05) is 13.1 Å². The van der Waals surface area contributed by atoms with Crippen LogP contribution in [-0.4, -0.2) is 44.4 Å². The van der Waals surface area contributed by atoms with Crippen molar-refractivity contribution >= 4 is 17.4 Å². The number of carbonyl (C=O) groups excluding carboxylic acids is 2. The minimum atomic E-state index is -0.542. The first kappa shape index (κ1) is 26.3. The first-order chi connectivity index (χ1) is 18.2. The van der Waals surface area contributed by atoms with Crippen LogP contribution in [0.3, 0.4) is 0 Å². The van der Waals surface area contributed by atoms with Gasteiger partial charge in [0.25, 0.3) is 17.2 Å². The summed E-state index contributed by atoms with van der Waals surface area (Å²) >= 11 is 0. The number of Topliss-reactive ketones (excluding diaryl/α,β-unsaturated/α-hetero) is 1. The lowest BCUT2D eigenvalue weighted by Gasteiger charge is -2.21. The number of aryl methyl sites for hydroxylation is 1. The van der Waals surface area contributed by atoms with Gasteiger partial charge in [0.2, 0.25) is 0 Å². The number of H-pyrrole nitrogens is 1. The van der Waals surface area contributed by atoms with Gasteiger partial charge in [-0.2, -0.15) is 0 Å². The fourth-order valence-corrected chi connectivity index (χ4v) is 4.34. The number of aromatic amines is 1. The molecule has 9 nitrogen and oxygen atoms in total. The number of nitro benzene ring substituents is 1. The van der Waals surface area contributed by atoms with Crippen LogP contribution in [0.2, 0.25) is 0 Å². The Bertz CT molecular complexity index is 1550. The zero-order chi connectivity index (χ0) is 27.4. The molecule has 0 spiro atoms. The van der Waals surface area contributed by atoms with Gasteiger partial charge in [-0.1, -0.05) is 49.4 Å². The molecular formula is C29H28N4O5. The Morgan fingerprint density at radius 2 is 1.66 bits per heavy atom. The van der Waals surface area contributed by atoms with Gasteiger partial charge in [0.1, 0.15) is 5.56 Å². The second kappa shape index (κ2) is 11.1. The summed E-state index contributed by atoms with van der Waals surface area (Å²) in [5.41, 5.74) is 3.14. The summed E-state index contributed by atoms with van der Waals surface area (Å²) in [6.07, 6.45) is 0.581. The smallest absolute Gasteiger partial charge is 0.282 e. The van der Waals surface area contributed by atoms with E-state index in [2.05, 4.69) is 5.10 Å². The molecule has 1 aromatic heterocycles. The van der Waals surface area contributed by atoms with Gasteiger partial charge in [-0.25, -0.2) is 4.68 Å².